The second-order valence-corrected chi connectivity index (χ2v) is 5.62. The number of rotatable bonds is 10. The van der Waals surface area contributed by atoms with Crippen LogP contribution in [0.3, 0.4) is 0 Å². The molecule has 0 aromatic heterocycles. The van der Waals surface area contributed by atoms with E-state index in [1.54, 1.807) is 0 Å². The molecule has 4 unspecified atom stereocenters. The van der Waals surface area contributed by atoms with E-state index in [-0.39, 0.29) is 24.6 Å². The molecule has 0 aliphatic carbocycles. The lowest BCUT2D eigenvalue weighted by Gasteiger charge is -2.16. The maximum Gasteiger partial charge on any atom is 0.0700 e. The van der Waals surface area contributed by atoms with Crippen LogP contribution in [-0.2, 0) is 0 Å². The summed E-state index contributed by atoms with van der Waals surface area (Å²) >= 11 is 12.2. The molecule has 0 spiro atoms. The molecule has 0 fully saturated rings. The van der Waals surface area contributed by atoms with E-state index in [0.29, 0.717) is 11.5 Å². The fourth-order valence-corrected chi connectivity index (χ4v) is 2.43. The van der Waals surface area contributed by atoms with Crippen molar-refractivity contribution in [2.45, 2.75) is 37.3 Å². The van der Waals surface area contributed by atoms with Crippen molar-refractivity contribution in [2.24, 2.45) is 0 Å². The Kier molecular flexibility index (Phi) is 11.2. The van der Waals surface area contributed by atoms with E-state index in [2.05, 4.69) is 0 Å². The zero-order valence-electron chi connectivity index (χ0n) is 9.51. The van der Waals surface area contributed by atoms with Crippen LogP contribution in [-0.4, -0.2) is 68.1 Å². The summed E-state index contributed by atoms with van der Waals surface area (Å²) in [6.07, 6.45) is -2.21. The molecule has 4 N–H and O–H groups in total. The molecule has 0 heterocycles. The van der Waals surface area contributed by atoms with Gasteiger partial charge < -0.3 is 20.4 Å². The number of alkyl halides is 2. The SMILES string of the molecule is OC(CCl)CC(O)CSCC(O)CC(O)CCl. The fourth-order valence-electron chi connectivity index (χ4n) is 1.23. The summed E-state index contributed by atoms with van der Waals surface area (Å²) < 4.78 is 0. The molecule has 17 heavy (non-hydrogen) atoms. The Bertz CT molecular complexity index is 170. The van der Waals surface area contributed by atoms with Gasteiger partial charge in [0.15, 0.2) is 0 Å². The van der Waals surface area contributed by atoms with Crippen molar-refractivity contribution >= 4 is 35.0 Å². The highest BCUT2D eigenvalue weighted by Gasteiger charge is 2.14. The molecule has 0 radical (unpaired) electrons. The lowest BCUT2D eigenvalue weighted by atomic mass is 10.2. The maximum atomic E-state index is 9.50. The molecule has 104 valence electrons. The molecule has 0 aromatic rings. The van der Waals surface area contributed by atoms with Gasteiger partial charge in [-0.25, -0.2) is 0 Å². The summed E-state index contributed by atoms with van der Waals surface area (Å²) in [5, 5.41) is 37.4. The van der Waals surface area contributed by atoms with E-state index in [1.165, 1.54) is 11.8 Å². The molecule has 0 saturated carbocycles. The van der Waals surface area contributed by atoms with Gasteiger partial charge in [-0.15, -0.1) is 23.2 Å². The first kappa shape index (κ1) is 17.8. The van der Waals surface area contributed by atoms with Crippen molar-refractivity contribution in [1.29, 1.82) is 0 Å². The van der Waals surface area contributed by atoms with Crippen molar-refractivity contribution in [3.05, 3.63) is 0 Å². The van der Waals surface area contributed by atoms with Gasteiger partial charge in [0.1, 0.15) is 0 Å². The predicted molar refractivity (Wildman–Crippen MR) is 72.0 cm³/mol. The quantitative estimate of drug-likeness (QED) is 0.440. The fraction of sp³-hybridized carbons (Fsp3) is 1.00. The van der Waals surface area contributed by atoms with E-state index in [4.69, 9.17) is 23.2 Å². The van der Waals surface area contributed by atoms with E-state index >= 15 is 0 Å². The highest BCUT2D eigenvalue weighted by molar-refractivity contribution is 7.99. The first-order valence-electron chi connectivity index (χ1n) is 5.41. The molecule has 4 atom stereocenters. The van der Waals surface area contributed by atoms with Gasteiger partial charge in [0.05, 0.1) is 24.4 Å². The second-order valence-electron chi connectivity index (χ2n) is 3.93. The molecule has 0 aromatic carbocycles. The van der Waals surface area contributed by atoms with Crippen LogP contribution in [0.4, 0.5) is 0 Å². The Labute approximate surface area is 116 Å². The van der Waals surface area contributed by atoms with Gasteiger partial charge in [-0.3, -0.25) is 0 Å². The number of halogens is 2. The molecule has 0 bridgehead atoms. The molecule has 0 saturated heterocycles. The van der Waals surface area contributed by atoms with Gasteiger partial charge in [0.25, 0.3) is 0 Å². The molecular weight excluding hydrogens is 287 g/mol. The number of aliphatic hydroxyl groups excluding tert-OH is 4. The molecule has 0 aliphatic rings. The van der Waals surface area contributed by atoms with Crippen LogP contribution in [0.5, 0.6) is 0 Å². The van der Waals surface area contributed by atoms with Gasteiger partial charge in [-0.05, 0) is 0 Å². The van der Waals surface area contributed by atoms with Crippen LogP contribution in [0.1, 0.15) is 12.8 Å². The van der Waals surface area contributed by atoms with Crippen LogP contribution >= 0.6 is 35.0 Å². The van der Waals surface area contributed by atoms with E-state index in [9.17, 15) is 20.4 Å². The van der Waals surface area contributed by atoms with Gasteiger partial charge in [-0.2, -0.15) is 11.8 Å². The van der Waals surface area contributed by atoms with Crippen molar-refractivity contribution in [3.63, 3.8) is 0 Å². The standard InChI is InChI=1S/C10H20Cl2O4S/c11-3-7(13)1-9(15)5-17-6-10(16)2-8(14)4-12/h7-10,13-16H,1-6H2. The van der Waals surface area contributed by atoms with Crippen LogP contribution in [0.15, 0.2) is 0 Å². The van der Waals surface area contributed by atoms with Crippen molar-refractivity contribution in [1.82, 2.24) is 0 Å². The van der Waals surface area contributed by atoms with Crippen LogP contribution in [0, 0.1) is 0 Å². The number of hydrogen-bond donors (Lipinski definition) is 4. The van der Waals surface area contributed by atoms with Crippen molar-refractivity contribution in [3.8, 4) is 0 Å². The van der Waals surface area contributed by atoms with Gasteiger partial charge in [0.2, 0.25) is 0 Å². The summed E-state index contributed by atoms with van der Waals surface area (Å²) in [5.41, 5.74) is 0. The van der Waals surface area contributed by atoms with Gasteiger partial charge in [-0.1, -0.05) is 0 Å². The highest BCUT2D eigenvalue weighted by Crippen LogP contribution is 2.12. The lowest BCUT2D eigenvalue weighted by molar-refractivity contribution is 0.104. The molecule has 0 amide bonds. The Morgan fingerprint density at radius 3 is 1.35 bits per heavy atom. The molecule has 0 rings (SSSR count). The normalized spacial score (nSPS) is 18.7. The average Bonchev–Trinajstić information content (AvgIpc) is 2.28. The van der Waals surface area contributed by atoms with Crippen molar-refractivity contribution in [2.75, 3.05) is 23.3 Å². The number of thioether (sulfide) groups is 1. The van der Waals surface area contributed by atoms with Gasteiger partial charge in [0, 0.05) is 36.1 Å². The van der Waals surface area contributed by atoms with Gasteiger partial charge >= 0.3 is 0 Å². The molecule has 7 heteroatoms. The monoisotopic (exact) mass is 306 g/mol. The zero-order valence-corrected chi connectivity index (χ0v) is 11.8. The average molecular weight is 307 g/mol. The van der Waals surface area contributed by atoms with Crippen molar-refractivity contribution < 1.29 is 20.4 Å². The number of aliphatic hydroxyl groups is 4. The summed E-state index contributed by atoms with van der Waals surface area (Å²) in [4.78, 5) is 0. The highest BCUT2D eigenvalue weighted by atomic mass is 35.5. The first-order chi connectivity index (χ1) is 7.99. The summed E-state index contributed by atoms with van der Waals surface area (Å²) in [5.74, 6) is 1.04. The van der Waals surface area contributed by atoms with E-state index in [1.807, 2.05) is 0 Å². The predicted octanol–water partition coefficient (Wildman–Crippen LogP) is 0.421. The summed E-state index contributed by atoms with van der Waals surface area (Å²) in [6, 6.07) is 0. The third-order valence-corrected chi connectivity index (χ3v) is 4.02. The second kappa shape index (κ2) is 10.7. The van der Waals surface area contributed by atoms with Crippen LogP contribution < -0.4 is 0 Å². The Morgan fingerprint density at radius 2 is 1.06 bits per heavy atom. The zero-order chi connectivity index (χ0) is 13.3. The molecular formula is C10H20Cl2O4S. The van der Waals surface area contributed by atoms with Crippen LogP contribution in [0.2, 0.25) is 0 Å². The summed E-state index contributed by atoms with van der Waals surface area (Å²) in [7, 11) is 0. The Hall–Kier alpha value is 0.770. The smallest absolute Gasteiger partial charge is 0.0700 e. The number of hydrogen-bond acceptors (Lipinski definition) is 5. The van der Waals surface area contributed by atoms with E-state index in [0.717, 1.165) is 0 Å². The lowest BCUT2D eigenvalue weighted by Crippen LogP contribution is -2.23. The largest absolute Gasteiger partial charge is 0.392 e. The summed E-state index contributed by atoms with van der Waals surface area (Å²) in [6.45, 7) is 0. The minimum absolute atomic E-state index is 0.103. The third kappa shape index (κ3) is 10.4. The van der Waals surface area contributed by atoms with E-state index < -0.39 is 24.4 Å². The molecule has 0 aliphatic heterocycles. The minimum Gasteiger partial charge on any atom is -0.392 e. The molecule has 4 nitrogen and oxygen atoms in total. The first-order valence-corrected chi connectivity index (χ1v) is 7.63. The maximum absolute atomic E-state index is 9.50. The van der Waals surface area contributed by atoms with Crippen LogP contribution in [0.25, 0.3) is 0 Å². The topological polar surface area (TPSA) is 80.9 Å². The Balaban J connectivity index is 3.55. The minimum atomic E-state index is -0.699. The Morgan fingerprint density at radius 1 is 0.706 bits per heavy atom. The third-order valence-electron chi connectivity index (χ3n) is 2.07.